The molecule has 1 heterocycles. The molecule has 3 amide bonds. The van der Waals surface area contributed by atoms with Gasteiger partial charge in [-0.15, -0.1) is 0 Å². The second-order valence-corrected chi connectivity index (χ2v) is 9.71. The minimum Gasteiger partial charge on any atom is -0.361 e. The average Bonchev–Trinajstić information content (AvgIpc) is 3.65. The van der Waals surface area contributed by atoms with Crippen LogP contribution in [0.3, 0.4) is 0 Å². The van der Waals surface area contributed by atoms with E-state index in [-0.39, 0.29) is 30.3 Å². The molecular weight excluding hydrogens is 467 g/mol. The van der Waals surface area contributed by atoms with Crippen LogP contribution in [0.4, 0.5) is 14.9 Å². The maximum absolute atomic E-state index is 13.6. The molecule has 7 heteroatoms. The molecule has 37 heavy (non-hydrogen) atoms. The molecule has 3 aromatic carbocycles. The fourth-order valence-corrected chi connectivity index (χ4v) is 4.61. The van der Waals surface area contributed by atoms with Crippen LogP contribution in [0.1, 0.15) is 29.5 Å². The molecule has 0 saturated heterocycles. The predicted octanol–water partition coefficient (Wildman–Crippen LogP) is 5.88. The number of para-hydroxylation sites is 1. The van der Waals surface area contributed by atoms with E-state index in [1.165, 1.54) is 12.1 Å². The van der Waals surface area contributed by atoms with E-state index in [2.05, 4.69) is 16.4 Å². The zero-order valence-corrected chi connectivity index (χ0v) is 20.9. The topological polar surface area (TPSA) is 68.4 Å². The number of aryl methyl sites for hydroxylation is 1. The Balaban J connectivity index is 1.32. The molecule has 1 aliphatic carbocycles. The van der Waals surface area contributed by atoms with Gasteiger partial charge < -0.3 is 20.1 Å². The average molecular weight is 499 g/mol. The molecule has 190 valence electrons. The minimum atomic E-state index is -0.312. The largest absolute Gasteiger partial charge is 0.361 e. The zero-order chi connectivity index (χ0) is 25.8. The van der Waals surface area contributed by atoms with E-state index in [9.17, 15) is 14.0 Å². The van der Waals surface area contributed by atoms with Crippen molar-refractivity contribution in [3.63, 3.8) is 0 Å². The van der Waals surface area contributed by atoms with E-state index in [4.69, 9.17) is 0 Å². The van der Waals surface area contributed by atoms with Gasteiger partial charge in [-0.25, -0.2) is 9.18 Å². The molecule has 4 aromatic rings. The highest BCUT2D eigenvalue weighted by molar-refractivity contribution is 5.93. The van der Waals surface area contributed by atoms with Crippen LogP contribution in [0.15, 0.2) is 79.0 Å². The fourth-order valence-electron chi connectivity index (χ4n) is 4.61. The van der Waals surface area contributed by atoms with Gasteiger partial charge in [0.1, 0.15) is 12.4 Å². The Morgan fingerprint density at radius 3 is 2.57 bits per heavy atom. The number of rotatable bonds is 9. The number of benzene rings is 3. The van der Waals surface area contributed by atoms with E-state index in [1.807, 2.05) is 55.6 Å². The SMILES string of the molecule is Cc1cccc(NC(=O)N(CC(=O)N(CCc2c[nH]c3ccccc23)Cc2ccc(F)cc2)C2CC2)c1. The van der Waals surface area contributed by atoms with Crippen molar-refractivity contribution in [1.82, 2.24) is 14.8 Å². The van der Waals surface area contributed by atoms with Crippen molar-refractivity contribution in [3.05, 3.63) is 102 Å². The lowest BCUT2D eigenvalue weighted by atomic mass is 10.1. The van der Waals surface area contributed by atoms with Gasteiger partial charge in [0.2, 0.25) is 5.91 Å². The Hall–Kier alpha value is -4.13. The summed E-state index contributed by atoms with van der Waals surface area (Å²) in [6.07, 6.45) is 4.43. The van der Waals surface area contributed by atoms with Crippen molar-refractivity contribution in [2.75, 3.05) is 18.4 Å². The number of hydrogen-bond donors (Lipinski definition) is 2. The van der Waals surface area contributed by atoms with Crippen molar-refractivity contribution in [2.24, 2.45) is 0 Å². The number of urea groups is 1. The van der Waals surface area contributed by atoms with Gasteiger partial charge in [0, 0.05) is 41.9 Å². The fraction of sp³-hybridized carbons (Fsp3) is 0.267. The Kier molecular flexibility index (Phi) is 7.21. The summed E-state index contributed by atoms with van der Waals surface area (Å²) in [6, 6.07) is 21.7. The number of carbonyl (C=O) groups is 2. The van der Waals surface area contributed by atoms with Gasteiger partial charge in [-0.3, -0.25) is 4.79 Å². The van der Waals surface area contributed by atoms with E-state index < -0.39 is 0 Å². The number of halogens is 1. The molecule has 0 spiro atoms. The lowest BCUT2D eigenvalue weighted by Crippen LogP contribution is -2.45. The first-order valence-electron chi connectivity index (χ1n) is 12.7. The van der Waals surface area contributed by atoms with E-state index >= 15 is 0 Å². The normalized spacial score (nSPS) is 12.9. The summed E-state index contributed by atoms with van der Waals surface area (Å²) in [7, 11) is 0. The van der Waals surface area contributed by atoms with E-state index in [1.54, 1.807) is 21.9 Å². The Morgan fingerprint density at radius 1 is 1.03 bits per heavy atom. The quantitative estimate of drug-likeness (QED) is 0.302. The molecule has 0 bridgehead atoms. The number of aromatic amines is 1. The second-order valence-electron chi connectivity index (χ2n) is 9.71. The van der Waals surface area contributed by atoms with Gasteiger partial charge in [0.25, 0.3) is 0 Å². The lowest BCUT2D eigenvalue weighted by Gasteiger charge is -2.28. The van der Waals surface area contributed by atoms with Crippen LogP contribution in [0.2, 0.25) is 0 Å². The van der Waals surface area contributed by atoms with Gasteiger partial charge in [-0.2, -0.15) is 0 Å². The maximum Gasteiger partial charge on any atom is 0.322 e. The molecule has 2 N–H and O–H groups in total. The highest BCUT2D eigenvalue weighted by Gasteiger charge is 2.35. The minimum absolute atomic E-state index is 0.00258. The molecule has 6 nitrogen and oxygen atoms in total. The third-order valence-corrected chi connectivity index (χ3v) is 6.79. The Morgan fingerprint density at radius 2 is 1.81 bits per heavy atom. The standard InChI is InChI=1S/C30H31FN4O2/c1-21-5-4-6-25(17-21)33-30(37)35(26-13-14-26)20-29(36)34(19-22-9-11-24(31)12-10-22)16-15-23-18-32-28-8-3-2-7-27(23)28/h2-12,17-18,26,32H,13-16,19-20H2,1H3,(H,33,37). The number of nitrogens with one attached hydrogen (secondary N) is 2. The molecule has 5 rings (SSSR count). The van der Waals surface area contributed by atoms with Crippen LogP contribution in [0, 0.1) is 12.7 Å². The summed E-state index contributed by atoms with van der Waals surface area (Å²) in [6.45, 7) is 2.80. The Bertz CT molecular complexity index is 1390. The first-order chi connectivity index (χ1) is 18.0. The number of nitrogens with zero attached hydrogens (tertiary/aromatic N) is 2. The molecule has 1 aromatic heterocycles. The highest BCUT2D eigenvalue weighted by Crippen LogP contribution is 2.28. The number of fused-ring (bicyclic) bond motifs is 1. The van der Waals surface area contributed by atoms with Crippen LogP contribution in [0.5, 0.6) is 0 Å². The summed E-state index contributed by atoms with van der Waals surface area (Å²) < 4.78 is 13.5. The predicted molar refractivity (Wildman–Crippen MR) is 144 cm³/mol. The van der Waals surface area contributed by atoms with Crippen molar-refractivity contribution in [3.8, 4) is 0 Å². The second kappa shape index (κ2) is 10.9. The van der Waals surface area contributed by atoms with Crippen molar-refractivity contribution < 1.29 is 14.0 Å². The van der Waals surface area contributed by atoms with Crippen LogP contribution >= 0.6 is 0 Å². The van der Waals surface area contributed by atoms with Crippen LogP contribution < -0.4 is 5.32 Å². The number of H-pyrrole nitrogens is 1. The number of amides is 3. The van der Waals surface area contributed by atoms with E-state index in [0.717, 1.165) is 40.4 Å². The first-order valence-corrected chi connectivity index (χ1v) is 12.7. The smallest absolute Gasteiger partial charge is 0.322 e. The van der Waals surface area contributed by atoms with Crippen LogP contribution in [0.25, 0.3) is 10.9 Å². The molecular formula is C30H31FN4O2. The first kappa shape index (κ1) is 24.6. The third kappa shape index (κ3) is 6.17. The number of carbonyl (C=O) groups excluding carboxylic acids is 2. The van der Waals surface area contributed by atoms with Gasteiger partial charge >= 0.3 is 6.03 Å². The summed E-state index contributed by atoms with van der Waals surface area (Å²) in [5.41, 5.74) is 4.79. The summed E-state index contributed by atoms with van der Waals surface area (Å²) >= 11 is 0. The van der Waals surface area contributed by atoms with Gasteiger partial charge in [0.15, 0.2) is 0 Å². The van der Waals surface area contributed by atoms with Crippen LogP contribution in [-0.2, 0) is 17.8 Å². The van der Waals surface area contributed by atoms with Crippen molar-refractivity contribution in [2.45, 2.75) is 38.8 Å². The Labute approximate surface area is 216 Å². The third-order valence-electron chi connectivity index (χ3n) is 6.79. The van der Waals surface area contributed by atoms with Crippen LogP contribution in [-0.4, -0.2) is 45.9 Å². The maximum atomic E-state index is 13.6. The molecule has 1 saturated carbocycles. The summed E-state index contributed by atoms with van der Waals surface area (Å²) in [5.74, 6) is -0.441. The van der Waals surface area contributed by atoms with Crippen molar-refractivity contribution in [1.29, 1.82) is 0 Å². The molecule has 0 aliphatic heterocycles. The summed E-state index contributed by atoms with van der Waals surface area (Å²) in [4.78, 5) is 33.5. The van der Waals surface area contributed by atoms with Gasteiger partial charge in [-0.05, 0) is 73.2 Å². The van der Waals surface area contributed by atoms with Gasteiger partial charge in [0.05, 0.1) is 0 Å². The van der Waals surface area contributed by atoms with Crippen molar-refractivity contribution >= 4 is 28.5 Å². The molecule has 0 unspecified atom stereocenters. The number of anilines is 1. The lowest BCUT2D eigenvalue weighted by molar-refractivity contribution is -0.132. The zero-order valence-electron chi connectivity index (χ0n) is 20.9. The number of aromatic nitrogens is 1. The molecule has 0 radical (unpaired) electrons. The van der Waals surface area contributed by atoms with Gasteiger partial charge in [-0.1, -0.05) is 42.5 Å². The molecule has 1 fully saturated rings. The van der Waals surface area contributed by atoms with E-state index in [0.29, 0.717) is 25.2 Å². The molecule has 0 atom stereocenters. The molecule has 1 aliphatic rings. The summed E-state index contributed by atoms with van der Waals surface area (Å²) in [5, 5.41) is 4.08. The number of hydrogen-bond acceptors (Lipinski definition) is 2. The highest BCUT2D eigenvalue weighted by atomic mass is 19.1. The monoisotopic (exact) mass is 498 g/mol.